The normalized spacial score (nSPS) is 18.6. The summed E-state index contributed by atoms with van der Waals surface area (Å²) < 4.78 is 36.0. The van der Waals surface area contributed by atoms with Gasteiger partial charge in [-0.05, 0) is 11.6 Å². The van der Waals surface area contributed by atoms with Crippen LogP contribution < -0.4 is 5.32 Å². The highest BCUT2D eigenvalue weighted by Crippen LogP contribution is 2.28. The standard InChI is InChI=1S/C12H12F3NO/c13-12(14,15)6-5-11(17)10-7-8-3-1-2-4-9(8)16-10/h1-4,10,16H,5-7H2. The van der Waals surface area contributed by atoms with E-state index in [4.69, 9.17) is 0 Å². The van der Waals surface area contributed by atoms with Crippen LogP contribution in [0.1, 0.15) is 18.4 Å². The van der Waals surface area contributed by atoms with Gasteiger partial charge in [0.2, 0.25) is 0 Å². The van der Waals surface area contributed by atoms with Gasteiger partial charge in [0.05, 0.1) is 12.5 Å². The summed E-state index contributed by atoms with van der Waals surface area (Å²) in [5.74, 6) is -0.376. The molecule has 2 rings (SSSR count). The van der Waals surface area contributed by atoms with E-state index in [1.807, 2.05) is 24.3 Å². The van der Waals surface area contributed by atoms with E-state index in [9.17, 15) is 18.0 Å². The molecule has 1 N–H and O–H groups in total. The summed E-state index contributed by atoms with van der Waals surface area (Å²) in [5.41, 5.74) is 1.83. The maximum absolute atomic E-state index is 12.0. The second kappa shape index (κ2) is 4.39. The molecule has 1 aromatic rings. The molecule has 92 valence electrons. The first-order chi connectivity index (χ1) is 7.96. The van der Waals surface area contributed by atoms with Crippen molar-refractivity contribution in [1.82, 2.24) is 0 Å². The van der Waals surface area contributed by atoms with Gasteiger partial charge in [0.25, 0.3) is 0 Å². The number of carbonyl (C=O) groups is 1. The number of benzene rings is 1. The van der Waals surface area contributed by atoms with E-state index in [1.165, 1.54) is 0 Å². The molecule has 1 unspecified atom stereocenters. The lowest BCUT2D eigenvalue weighted by Gasteiger charge is -2.11. The largest absolute Gasteiger partial charge is 0.389 e. The van der Waals surface area contributed by atoms with Gasteiger partial charge in [0.15, 0.2) is 5.78 Å². The van der Waals surface area contributed by atoms with Gasteiger partial charge in [-0.2, -0.15) is 13.2 Å². The van der Waals surface area contributed by atoms with Crippen LogP contribution in [0.25, 0.3) is 0 Å². The Morgan fingerprint density at radius 1 is 1.35 bits per heavy atom. The van der Waals surface area contributed by atoms with Crippen molar-refractivity contribution >= 4 is 11.5 Å². The van der Waals surface area contributed by atoms with Crippen LogP contribution in [0.15, 0.2) is 24.3 Å². The Morgan fingerprint density at radius 2 is 2.06 bits per heavy atom. The fraction of sp³-hybridized carbons (Fsp3) is 0.417. The Balaban J connectivity index is 1.92. The third-order valence-corrected chi connectivity index (χ3v) is 2.81. The number of ketones is 1. The molecule has 1 heterocycles. The lowest BCUT2D eigenvalue weighted by atomic mass is 10.0. The van der Waals surface area contributed by atoms with E-state index in [2.05, 4.69) is 5.32 Å². The number of fused-ring (bicyclic) bond motifs is 1. The van der Waals surface area contributed by atoms with Gasteiger partial charge in [-0.1, -0.05) is 18.2 Å². The first kappa shape index (κ1) is 12.0. The second-order valence-electron chi connectivity index (χ2n) is 4.14. The van der Waals surface area contributed by atoms with E-state index < -0.39 is 25.1 Å². The number of para-hydroxylation sites is 1. The molecule has 17 heavy (non-hydrogen) atoms. The van der Waals surface area contributed by atoms with Crippen LogP contribution in [-0.2, 0) is 11.2 Å². The molecule has 0 bridgehead atoms. The van der Waals surface area contributed by atoms with Crippen molar-refractivity contribution in [1.29, 1.82) is 0 Å². The van der Waals surface area contributed by atoms with Crippen LogP contribution in [0.4, 0.5) is 18.9 Å². The molecule has 0 aromatic heterocycles. The van der Waals surface area contributed by atoms with Gasteiger partial charge in [0.1, 0.15) is 0 Å². The van der Waals surface area contributed by atoms with Crippen molar-refractivity contribution in [3.8, 4) is 0 Å². The molecule has 1 aromatic carbocycles. The van der Waals surface area contributed by atoms with Crippen molar-refractivity contribution in [3.05, 3.63) is 29.8 Å². The Kier molecular flexibility index (Phi) is 3.09. The topological polar surface area (TPSA) is 29.1 Å². The van der Waals surface area contributed by atoms with E-state index in [1.54, 1.807) is 0 Å². The van der Waals surface area contributed by atoms with Crippen molar-refractivity contribution in [3.63, 3.8) is 0 Å². The number of rotatable bonds is 3. The number of carbonyl (C=O) groups excluding carboxylic acids is 1. The highest BCUT2D eigenvalue weighted by Gasteiger charge is 2.31. The lowest BCUT2D eigenvalue weighted by molar-refractivity contribution is -0.143. The molecule has 0 saturated carbocycles. The fourth-order valence-corrected chi connectivity index (χ4v) is 1.93. The minimum absolute atomic E-state index is 0.376. The highest BCUT2D eigenvalue weighted by molar-refractivity contribution is 5.89. The number of anilines is 1. The summed E-state index contributed by atoms with van der Waals surface area (Å²) in [6.07, 6.45) is -5.27. The predicted molar refractivity (Wildman–Crippen MR) is 57.9 cm³/mol. The van der Waals surface area contributed by atoms with Gasteiger partial charge in [-0.15, -0.1) is 0 Å². The van der Waals surface area contributed by atoms with Gasteiger partial charge in [-0.3, -0.25) is 4.79 Å². The Morgan fingerprint density at radius 3 is 2.71 bits per heavy atom. The molecule has 0 spiro atoms. The first-order valence-corrected chi connectivity index (χ1v) is 5.39. The molecular formula is C12H12F3NO. The van der Waals surface area contributed by atoms with Gasteiger partial charge in [0, 0.05) is 18.5 Å². The monoisotopic (exact) mass is 243 g/mol. The van der Waals surface area contributed by atoms with Crippen molar-refractivity contribution in [2.45, 2.75) is 31.5 Å². The lowest BCUT2D eigenvalue weighted by Crippen LogP contribution is -2.28. The Hall–Kier alpha value is -1.52. The molecule has 0 radical (unpaired) electrons. The molecule has 0 aliphatic carbocycles. The minimum Gasteiger partial charge on any atom is -0.375 e. The SMILES string of the molecule is O=C(CCC(F)(F)F)C1Cc2ccccc2N1. The summed E-state index contributed by atoms with van der Waals surface area (Å²) in [6, 6.07) is 6.87. The molecule has 0 amide bonds. The predicted octanol–water partition coefficient (Wildman–Crippen LogP) is 2.93. The maximum atomic E-state index is 12.0. The molecule has 1 aliphatic rings. The van der Waals surface area contributed by atoms with E-state index >= 15 is 0 Å². The third kappa shape index (κ3) is 2.99. The smallest absolute Gasteiger partial charge is 0.375 e. The minimum atomic E-state index is -4.26. The van der Waals surface area contributed by atoms with Crippen LogP contribution in [0.2, 0.25) is 0 Å². The van der Waals surface area contributed by atoms with Crippen molar-refractivity contribution in [2.24, 2.45) is 0 Å². The summed E-state index contributed by atoms with van der Waals surface area (Å²) in [4.78, 5) is 11.6. The van der Waals surface area contributed by atoms with Gasteiger partial charge < -0.3 is 5.32 Å². The molecule has 1 aliphatic heterocycles. The maximum Gasteiger partial charge on any atom is 0.389 e. The molecule has 0 saturated heterocycles. The summed E-state index contributed by atoms with van der Waals surface area (Å²) in [5, 5.41) is 2.95. The molecule has 2 nitrogen and oxygen atoms in total. The molecular weight excluding hydrogens is 231 g/mol. The van der Waals surface area contributed by atoms with Gasteiger partial charge in [-0.25, -0.2) is 0 Å². The third-order valence-electron chi connectivity index (χ3n) is 2.81. The van der Waals surface area contributed by atoms with Crippen LogP contribution in [0.5, 0.6) is 0 Å². The summed E-state index contributed by atoms with van der Waals surface area (Å²) >= 11 is 0. The number of Topliss-reactive ketones (excluding diaryl/α,β-unsaturated/α-hetero) is 1. The first-order valence-electron chi connectivity index (χ1n) is 5.39. The quantitative estimate of drug-likeness (QED) is 0.884. The van der Waals surface area contributed by atoms with Crippen LogP contribution in [-0.4, -0.2) is 18.0 Å². The number of hydrogen-bond acceptors (Lipinski definition) is 2. The summed E-state index contributed by atoms with van der Waals surface area (Å²) in [6.45, 7) is 0. The summed E-state index contributed by atoms with van der Waals surface area (Å²) in [7, 11) is 0. The van der Waals surface area contributed by atoms with E-state index in [0.29, 0.717) is 6.42 Å². The van der Waals surface area contributed by atoms with Gasteiger partial charge >= 0.3 is 6.18 Å². The highest BCUT2D eigenvalue weighted by atomic mass is 19.4. The number of halogens is 3. The fourth-order valence-electron chi connectivity index (χ4n) is 1.93. The van der Waals surface area contributed by atoms with Crippen molar-refractivity contribution < 1.29 is 18.0 Å². The van der Waals surface area contributed by atoms with Crippen LogP contribution >= 0.6 is 0 Å². The average molecular weight is 243 g/mol. The van der Waals surface area contributed by atoms with E-state index in [-0.39, 0.29) is 5.78 Å². The van der Waals surface area contributed by atoms with E-state index in [0.717, 1.165) is 11.3 Å². The average Bonchev–Trinajstić information content (AvgIpc) is 2.68. The zero-order chi connectivity index (χ0) is 12.5. The van der Waals surface area contributed by atoms with Crippen LogP contribution in [0, 0.1) is 0 Å². The zero-order valence-electron chi connectivity index (χ0n) is 9.05. The molecule has 5 heteroatoms. The molecule has 1 atom stereocenters. The Labute approximate surface area is 96.8 Å². The van der Waals surface area contributed by atoms with Crippen molar-refractivity contribution in [2.75, 3.05) is 5.32 Å². The zero-order valence-corrected chi connectivity index (χ0v) is 9.05. The second-order valence-corrected chi connectivity index (χ2v) is 4.14. The van der Waals surface area contributed by atoms with Crippen LogP contribution in [0.3, 0.4) is 0 Å². The molecule has 0 fully saturated rings. The number of nitrogens with one attached hydrogen (secondary N) is 1. The Bertz CT molecular complexity index is 403. The number of alkyl halides is 3. The number of hydrogen-bond donors (Lipinski definition) is 1.